The third kappa shape index (κ3) is 6.41. The van der Waals surface area contributed by atoms with Crippen LogP contribution in [0, 0.1) is 11.7 Å². The first-order chi connectivity index (χ1) is 13.7. The van der Waals surface area contributed by atoms with Gasteiger partial charge < -0.3 is 14.8 Å². The lowest BCUT2D eigenvalue weighted by atomic mass is 10.1. The first-order valence-corrected chi connectivity index (χ1v) is 9.25. The Kier molecular flexibility index (Phi) is 7.47. The van der Waals surface area contributed by atoms with E-state index in [1.54, 1.807) is 38.1 Å². The second-order valence-corrected chi connectivity index (χ2v) is 6.88. The highest BCUT2D eigenvalue weighted by atomic mass is 19.1. The number of esters is 1. The molecule has 2 rings (SSSR count). The van der Waals surface area contributed by atoms with Gasteiger partial charge in [-0.2, -0.15) is 0 Å². The van der Waals surface area contributed by atoms with Crippen molar-refractivity contribution >= 4 is 23.3 Å². The largest absolute Gasteiger partial charge is 0.479 e. The highest BCUT2D eigenvalue weighted by Crippen LogP contribution is 2.16. The number of amides is 1. The lowest BCUT2D eigenvalue weighted by Crippen LogP contribution is -2.32. The van der Waals surface area contributed by atoms with Crippen LogP contribution in [0.1, 0.15) is 38.1 Å². The van der Waals surface area contributed by atoms with Gasteiger partial charge >= 0.3 is 5.97 Å². The Bertz CT molecular complexity index is 862. The maximum Gasteiger partial charge on any atom is 0.347 e. The van der Waals surface area contributed by atoms with E-state index >= 15 is 0 Å². The van der Waals surface area contributed by atoms with Crippen molar-refractivity contribution in [3.63, 3.8) is 0 Å². The monoisotopic (exact) mass is 401 g/mol. The number of anilines is 1. The number of hydrogen-bond acceptors (Lipinski definition) is 5. The first kappa shape index (κ1) is 22.1. The maximum absolute atomic E-state index is 12.9. The molecule has 7 heteroatoms. The summed E-state index contributed by atoms with van der Waals surface area (Å²) in [6.07, 6.45) is -1.98. The number of ether oxygens (including phenoxy) is 2. The van der Waals surface area contributed by atoms with E-state index in [1.807, 2.05) is 0 Å². The van der Waals surface area contributed by atoms with E-state index in [-0.39, 0.29) is 17.6 Å². The molecule has 2 atom stereocenters. The fraction of sp³-hybridized carbons (Fsp3) is 0.318. The molecule has 0 radical (unpaired) electrons. The topological polar surface area (TPSA) is 81.7 Å². The molecule has 0 saturated heterocycles. The maximum atomic E-state index is 12.9. The van der Waals surface area contributed by atoms with E-state index < -0.39 is 24.0 Å². The van der Waals surface area contributed by atoms with Crippen molar-refractivity contribution in [1.82, 2.24) is 0 Å². The van der Waals surface area contributed by atoms with E-state index in [0.717, 1.165) is 0 Å². The number of Topliss-reactive ketones (excluding diaryl/α,β-unsaturated/α-hetero) is 1. The van der Waals surface area contributed by atoms with Crippen LogP contribution in [0.5, 0.6) is 5.75 Å². The van der Waals surface area contributed by atoms with Crippen LogP contribution in [-0.2, 0) is 14.3 Å². The lowest BCUT2D eigenvalue weighted by Gasteiger charge is -2.17. The van der Waals surface area contributed by atoms with Crippen molar-refractivity contribution in [2.24, 2.45) is 5.92 Å². The molecule has 0 fully saturated rings. The molecule has 0 unspecified atom stereocenters. The Morgan fingerprint density at radius 2 is 1.45 bits per heavy atom. The molecule has 1 amide bonds. The summed E-state index contributed by atoms with van der Waals surface area (Å²) >= 11 is 0. The van der Waals surface area contributed by atoms with Gasteiger partial charge in [-0.1, -0.05) is 13.8 Å². The van der Waals surface area contributed by atoms with Crippen LogP contribution >= 0.6 is 0 Å². The molecular formula is C22H24FNO5. The second-order valence-electron chi connectivity index (χ2n) is 6.88. The summed E-state index contributed by atoms with van der Waals surface area (Å²) in [6.45, 7) is 6.52. The fourth-order valence-corrected chi connectivity index (χ4v) is 2.33. The molecule has 2 aromatic carbocycles. The molecule has 0 bridgehead atoms. The van der Waals surface area contributed by atoms with Crippen LogP contribution in [0.15, 0.2) is 48.5 Å². The third-order valence-corrected chi connectivity index (χ3v) is 4.08. The van der Waals surface area contributed by atoms with Gasteiger partial charge in [0.2, 0.25) is 11.7 Å². The second kappa shape index (κ2) is 9.82. The lowest BCUT2D eigenvalue weighted by molar-refractivity contribution is -0.153. The normalized spacial score (nSPS) is 12.8. The Hall–Kier alpha value is -3.22. The highest BCUT2D eigenvalue weighted by molar-refractivity contribution is 6.01. The molecule has 29 heavy (non-hydrogen) atoms. The van der Waals surface area contributed by atoms with E-state index in [2.05, 4.69) is 5.32 Å². The minimum Gasteiger partial charge on any atom is -0.479 e. The van der Waals surface area contributed by atoms with Gasteiger partial charge in [-0.25, -0.2) is 9.18 Å². The van der Waals surface area contributed by atoms with E-state index in [0.29, 0.717) is 17.0 Å². The van der Waals surface area contributed by atoms with Crippen molar-refractivity contribution in [1.29, 1.82) is 0 Å². The molecule has 0 aliphatic rings. The van der Waals surface area contributed by atoms with Gasteiger partial charge in [0, 0.05) is 17.2 Å². The van der Waals surface area contributed by atoms with Crippen molar-refractivity contribution in [3.8, 4) is 5.75 Å². The minimum absolute atomic E-state index is 0.124. The van der Waals surface area contributed by atoms with Crippen LogP contribution < -0.4 is 10.1 Å². The summed E-state index contributed by atoms with van der Waals surface area (Å²) in [5.41, 5.74) is 0.922. The SMILES string of the molecule is CC(C)C(=O)Nc1ccc(C(=O)[C@H](C)OC(=O)[C@@H](C)Oc2ccc(F)cc2)cc1. The summed E-state index contributed by atoms with van der Waals surface area (Å²) in [5, 5.41) is 2.73. The van der Waals surface area contributed by atoms with E-state index in [1.165, 1.54) is 38.1 Å². The van der Waals surface area contributed by atoms with Gasteiger partial charge in [0.1, 0.15) is 11.6 Å². The average Bonchev–Trinajstić information content (AvgIpc) is 2.69. The van der Waals surface area contributed by atoms with Crippen LogP contribution in [0.4, 0.5) is 10.1 Å². The Labute approximate surface area is 169 Å². The Morgan fingerprint density at radius 1 is 0.862 bits per heavy atom. The zero-order chi connectivity index (χ0) is 21.6. The summed E-state index contributed by atoms with van der Waals surface area (Å²) in [4.78, 5) is 36.4. The molecule has 0 aromatic heterocycles. The van der Waals surface area contributed by atoms with Gasteiger partial charge in [-0.15, -0.1) is 0 Å². The first-order valence-electron chi connectivity index (χ1n) is 9.25. The molecular weight excluding hydrogens is 377 g/mol. The van der Waals surface area contributed by atoms with E-state index in [9.17, 15) is 18.8 Å². The molecule has 0 heterocycles. The van der Waals surface area contributed by atoms with Crippen LogP contribution in [0.25, 0.3) is 0 Å². The zero-order valence-electron chi connectivity index (χ0n) is 16.8. The predicted molar refractivity (Wildman–Crippen MR) is 106 cm³/mol. The summed E-state index contributed by atoms with van der Waals surface area (Å²) in [7, 11) is 0. The van der Waals surface area contributed by atoms with Crippen molar-refractivity contribution in [2.45, 2.75) is 39.9 Å². The van der Waals surface area contributed by atoms with Gasteiger partial charge in [0.15, 0.2) is 12.2 Å². The number of halogens is 1. The third-order valence-electron chi connectivity index (χ3n) is 4.08. The van der Waals surface area contributed by atoms with Crippen molar-refractivity contribution in [3.05, 3.63) is 59.9 Å². The van der Waals surface area contributed by atoms with Crippen LogP contribution in [0.3, 0.4) is 0 Å². The quantitative estimate of drug-likeness (QED) is 0.534. The molecule has 0 saturated carbocycles. The minimum atomic E-state index is -1.02. The number of benzene rings is 2. The molecule has 1 N–H and O–H groups in total. The van der Waals surface area contributed by atoms with Crippen molar-refractivity contribution in [2.75, 3.05) is 5.32 Å². The summed E-state index contributed by atoms with van der Waals surface area (Å²) in [5.74, 6) is -1.48. The molecule has 6 nitrogen and oxygen atoms in total. The Morgan fingerprint density at radius 3 is 2.00 bits per heavy atom. The van der Waals surface area contributed by atoms with Gasteiger partial charge in [0.25, 0.3) is 0 Å². The molecule has 0 aliphatic heterocycles. The Balaban J connectivity index is 1.92. The van der Waals surface area contributed by atoms with E-state index in [4.69, 9.17) is 9.47 Å². The number of ketones is 1. The number of carbonyl (C=O) groups is 3. The van der Waals surface area contributed by atoms with Gasteiger partial charge in [-0.05, 0) is 62.4 Å². The van der Waals surface area contributed by atoms with Crippen LogP contribution in [0.2, 0.25) is 0 Å². The molecule has 2 aromatic rings. The summed E-state index contributed by atoms with van der Waals surface area (Å²) in [6, 6.07) is 11.6. The zero-order valence-corrected chi connectivity index (χ0v) is 16.8. The number of rotatable bonds is 8. The number of carbonyl (C=O) groups excluding carboxylic acids is 3. The smallest absolute Gasteiger partial charge is 0.347 e. The number of hydrogen-bond donors (Lipinski definition) is 1. The summed E-state index contributed by atoms with van der Waals surface area (Å²) < 4.78 is 23.5. The molecule has 154 valence electrons. The van der Waals surface area contributed by atoms with Crippen molar-refractivity contribution < 1.29 is 28.2 Å². The van der Waals surface area contributed by atoms with Gasteiger partial charge in [0.05, 0.1) is 0 Å². The van der Waals surface area contributed by atoms with Gasteiger partial charge in [-0.3, -0.25) is 9.59 Å². The molecule has 0 spiro atoms. The molecule has 0 aliphatic carbocycles. The standard InChI is InChI=1S/C22H24FNO5/c1-13(2)21(26)24-18-9-5-16(6-10-18)20(25)14(3)29-22(27)15(4)28-19-11-7-17(23)8-12-19/h5-15H,1-4H3,(H,24,26)/t14-,15+/m0/s1. The number of nitrogens with one attached hydrogen (secondary N) is 1. The average molecular weight is 401 g/mol. The predicted octanol–water partition coefficient (Wildman–Crippen LogP) is 4.00. The highest BCUT2D eigenvalue weighted by Gasteiger charge is 2.24. The van der Waals surface area contributed by atoms with Crippen LogP contribution in [-0.4, -0.2) is 29.9 Å². The fourth-order valence-electron chi connectivity index (χ4n) is 2.33.